The lowest BCUT2D eigenvalue weighted by atomic mass is 10.1. The number of piperidine rings is 1. The zero-order valence-electron chi connectivity index (χ0n) is 13.2. The fourth-order valence-corrected chi connectivity index (χ4v) is 2.66. The topological polar surface area (TPSA) is 54.5 Å². The third-order valence-electron chi connectivity index (χ3n) is 3.84. The maximum atomic E-state index is 12.0. The Morgan fingerprint density at radius 2 is 2.14 bits per heavy atom. The van der Waals surface area contributed by atoms with Gasteiger partial charge in [-0.05, 0) is 37.8 Å². The molecule has 0 radical (unpaired) electrons. The lowest BCUT2D eigenvalue weighted by Crippen LogP contribution is -2.31. The molecule has 1 aromatic rings. The largest absolute Gasteiger partial charge is 0.384 e. The Morgan fingerprint density at radius 1 is 1.43 bits per heavy atom. The number of hydrogen-bond acceptors (Lipinski definition) is 4. The predicted octanol–water partition coefficient (Wildman–Crippen LogP) is 2.60. The molecule has 0 unspecified atom stereocenters. The van der Waals surface area contributed by atoms with Crippen molar-refractivity contribution in [3.63, 3.8) is 0 Å². The van der Waals surface area contributed by atoms with Crippen LogP contribution in [-0.4, -0.2) is 37.7 Å². The Hall–Kier alpha value is -1.62. The van der Waals surface area contributed by atoms with Crippen LogP contribution in [0.15, 0.2) is 12.3 Å². The molecule has 1 N–H and O–H groups in total. The molecule has 5 nitrogen and oxygen atoms in total. The van der Waals surface area contributed by atoms with Crippen LogP contribution < -0.4 is 10.2 Å². The van der Waals surface area contributed by atoms with Crippen molar-refractivity contribution in [2.24, 2.45) is 5.92 Å². The van der Waals surface area contributed by atoms with Gasteiger partial charge in [0.05, 0.1) is 24.4 Å². The smallest absolute Gasteiger partial charge is 0.229 e. The summed E-state index contributed by atoms with van der Waals surface area (Å²) in [6.07, 6.45) is 5.51. The zero-order valence-corrected chi connectivity index (χ0v) is 13.2. The van der Waals surface area contributed by atoms with Crippen molar-refractivity contribution in [1.29, 1.82) is 0 Å². The molecule has 116 valence electrons. The molecule has 1 aliphatic heterocycles. The van der Waals surface area contributed by atoms with Crippen molar-refractivity contribution < 1.29 is 9.53 Å². The molecule has 0 bridgehead atoms. The van der Waals surface area contributed by atoms with Gasteiger partial charge in [-0.15, -0.1) is 0 Å². The summed E-state index contributed by atoms with van der Waals surface area (Å²) in [7, 11) is 1.60. The van der Waals surface area contributed by atoms with Crippen molar-refractivity contribution in [3.8, 4) is 0 Å². The van der Waals surface area contributed by atoms with Gasteiger partial charge < -0.3 is 15.0 Å². The monoisotopic (exact) mass is 291 g/mol. The van der Waals surface area contributed by atoms with E-state index < -0.39 is 0 Å². The fraction of sp³-hybridized carbons (Fsp3) is 0.625. The Kier molecular flexibility index (Phi) is 5.56. The molecule has 21 heavy (non-hydrogen) atoms. The summed E-state index contributed by atoms with van der Waals surface area (Å²) in [5.41, 5.74) is 1.86. The Balaban J connectivity index is 2.03. The molecule has 0 saturated carbocycles. The van der Waals surface area contributed by atoms with E-state index >= 15 is 0 Å². The van der Waals surface area contributed by atoms with Gasteiger partial charge in [-0.25, -0.2) is 4.98 Å². The normalized spacial score (nSPS) is 16.6. The first-order chi connectivity index (χ1) is 10.1. The Labute approximate surface area is 126 Å². The van der Waals surface area contributed by atoms with Crippen molar-refractivity contribution in [3.05, 3.63) is 17.8 Å². The van der Waals surface area contributed by atoms with Gasteiger partial charge in [0.1, 0.15) is 5.82 Å². The van der Waals surface area contributed by atoms with Crippen LogP contribution in [0.2, 0.25) is 0 Å². The van der Waals surface area contributed by atoms with Crippen LogP contribution in [0, 0.1) is 12.8 Å². The second kappa shape index (κ2) is 7.41. The molecule has 1 fully saturated rings. The van der Waals surface area contributed by atoms with Crippen LogP contribution in [0.3, 0.4) is 0 Å². The lowest BCUT2D eigenvalue weighted by Gasteiger charge is -2.29. The number of nitrogens with one attached hydrogen (secondary N) is 1. The number of hydrogen-bond donors (Lipinski definition) is 1. The lowest BCUT2D eigenvalue weighted by molar-refractivity contribution is -0.120. The molecule has 2 heterocycles. The third kappa shape index (κ3) is 4.17. The number of methoxy groups -OCH3 is 1. The molecule has 0 spiro atoms. The number of ether oxygens (including phenoxy) is 1. The molecule has 0 aromatic carbocycles. The number of anilines is 2. The van der Waals surface area contributed by atoms with E-state index in [1.807, 2.05) is 19.9 Å². The number of aromatic nitrogens is 1. The van der Waals surface area contributed by atoms with E-state index in [0.717, 1.165) is 30.2 Å². The van der Waals surface area contributed by atoms with E-state index in [0.29, 0.717) is 6.61 Å². The molecule has 1 aliphatic rings. The van der Waals surface area contributed by atoms with Crippen LogP contribution in [0.5, 0.6) is 0 Å². The number of aryl methyl sites for hydroxylation is 1. The molecular formula is C16H25N3O2. The maximum absolute atomic E-state index is 12.0. The van der Waals surface area contributed by atoms with Crippen LogP contribution in [0.25, 0.3) is 0 Å². The minimum absolute atomic E-state index is 0.0382. The van der Waals surface area contributed by atoms with E-state index in [2.05, 4.69) is 15.2 Å². The fourth-order valence-electron chi connectivity index (χ4n) is 2.66. The minimum atomic E-state index is -0.169. The SMILES string of the molecule is COC[C@@H](C)C(=O)Nc1cnc(N2CCCCC2)c(C)c1. The zero-order chi connectivity index (χ0) is 15.2. The Morgan fingerprint density at radius 3 is 2.76 bits per heavy atom. The summed E-state index contributed by atoms with van der Waals surface area (Å²) >= 11 is 0. The molecule has 1 amide bonds. The summed E-state index contributed by atoms with van der Waals surface area (Å²) in [5, 5.41) is 2.90. The first-order valence-electron chi connectivity index (χ1n) is 7.63. The molecule has 1 saturated heterocycles. The minimum Gasteiger partial charge on any atom is -0.384 e. The molecule has 5 heteroatoms. The van der Waals surface area contributed by atoms with Crippen LogP contribution >= 0.6 is 0 Å². The van der Waals surface area contributed by atoms with Gasteiger partial charge in [0, 0.05) is 20.2 Å². The van der Waals surface area contributed by atoms with Gasteiger partial charge in [0.15, 0.2) is 0 Å². The summed E-state index contributed by atoms with van der Waals surface area (Å²) in [4.78, 5) is 18.8. The van der Waals surface area contributed by atoms with Gasteiger partial charge in [0.2, 0.25) is 5.91 Å². The Bertz CT molecular complexity index is 484. The average molecular weight is 291 g/mol. The summed E-state index contributed by atoms with van der Waals surface area (Å²) in [5.74, 6) is 0.832. The van der Waals surface area contributed by atoms with E-state index in [-0.39, 0.29) is 11.8 Å². The van der Waals surface area contributed by atoms with Crippen LogP contribution in [0.1, 0.15) is 31.7 Å². The van der Waals surface area contributed by atoms with Gasteiger partial charge in [-0.2, -0.15) is 0 Å². The van der Waals surface area contributed by atoms with Crippen LogP contribution in [0.4, 0.5) is 11.5 Å². The predicted molar refractivity (Wildman–Crippen MR) is 84.7 cm³/mol. The van der Waals surface area contributed by atoms with E-state index in [9.17, 15) is 4.79 Å². The van der Waals surface area contributed by atoms with E-state index in [4.69, 9.17) is 4.74 Å². The van der Waals surface area contributed by atoms with E-state index in [1.54, 1.807) is 13.3 Å². The highest BCUT2D eigenvalue weighted by molar-refractivity contribution is 5.92. The van der Waals surface area contributed by atoms with Gasteiger partial charge >= 0.3 is 0 Å². The second-order valence-electron chi connectivity index (χ2n) is 5.76. The van der Waals surface area contributed by atoms with Crippen LogP contribution in [-0.2, 0) is 9.53 Å². The summed E-state index contributed by atoms with van der Waals surface area (Å²) in [6.45, 7) is 6.46. The number of amides is 1. The summed E-state index contributed by atoms with van der Waals surface area (Å²) in [6, 6.07) is 1.99. The summed E-state index contributed by atoms with van der Waals surface area (Å²) < 4.78 is 5.00. The molecule has 1 atom stereocenters. The number of nitrogens with zero attached hydrogens (tertiary/aromatic N) is 2. The number of carbonyl (C=O) groups is 1. The first-order valence-corrected chi connectivity index (χ1v) is 7.63. The van der Waals surface area contributed by atoms with Crippen molar-refractivity contribution in [2.75, 3.05) is 37.0 Å². The molecular weight excluding hydrogens is 266 g/mol. The maximum Gasteiger partial charge on any atom is 0.229 e. The highest BCUT2D eigenvalue weighted by Crippen LogP contribution is 2.23. The first kappa shape index (κ1) is 15.8. The quantitative estimate of drug-likeness (QED) is 0.906. The highest BCUT2D eigenvalue weighted by atomic mass is 16.5. The molecule has 1 aromatic heterocycles. The van der Waals surface area contributed by atoms with Gasteiger partial charge in [0.25, 0.3) is 0 Å². The second-order valence-corrected chi connectivity index (χ2v) is 5.76. The third-order valence-corrected chi connectivity index (χ3v) is 3.84. The van der Waals surface area contributed by atoms with Crippen molar-refractivity contribution in [1.82, 2.24) is 4.98 Å². The van der Waals surface area contributed by atoms with Crippen molar-refractivity contribution >= 4 is 17.4 Å². The standard InChI is InChI=1S/C16H25N3O2/c1-12-9-14(18-16(20)13(2)11-21-3)10-17-15(12)19-7-5-4-6-8-19/h9-10,13H,4-8,11H2,1-3H3,(H,18,20)/t13-/m1/s1. The number of pyridine rings is 1. The number of carbonyl (C=O) groups excluding carboxylic acids is 1. The van der Waals surface area contributed by atoms with Gasteiger partial charge in [-0.3, -0.25) is 4.79 Å². The number of rotatable bonds is 5. The average Bonchev–Trinajstić information content (AvgIpc) is 2.48. The van der Waals surface area contributed by atoms with Gasteiger partial charge in [-0.1, -0.05) is 6.92 Å². The molecule has 0 aliphatic carbocycles. The highest BCUT2D eigenvalue weighted by Gasteiger charge is 2.16. The van der Waals surface area contributed by atoms with E-state index in [1.165, 1.54) is 19.3 Å². The molecule has 2 rings (SSSR count). The van der Waals surface area contributed by atoms with Crippen molar-refractivity contribution in [2.45, 2.75) is 33.1 Å².